The number of alkyl halides is 3. The molecule has 262 valence electrons. The summed E-state index contributed by atoms with van der Waals surface area (Å²) in [6.07, 6.45) is -4.69. The van der Waals surface area contributed by atoms with Gasteiger partial charge in [0, 0.05) is 10.0 Å². The van der Waals surface area contributed by atoms with Crippen molar-refractivity contribution < 1.29 is 39.6 Å². The van der Waals surface area contributed by atoms with E-state index >= 15 is 0 Å². The summed E-state index contributed by atoms with van der Waals surface area (Å²) in [6, 6.07) is 21.8. The average Bonchev–Trinajstić information content (AvgIpc) is 3.02. The summed E-state index contributed by atoms with van der Waals surface area (Å²) in [5, 5.41) is 5.71. The lowest BCUT2D eigenvalue weighted by molar-refractivity contribution is -0.137. The highest BCUT2D eigenvalue weighted by Gasteiger charge is 2.44. The van der Waals surface area contributed by atoms with Crippen LogP contribution in [-0.4, -0.2) is 38.1 Å². The van der Waals surface area contributed by atoms with Gasteiger partial charge in [0.15, 0.2) is 19.7 Å². The first kappa shape index (κ1) is 39.8. The van der Waals surface area contributed by atoms with Crippen molar-refractivity contribution in [2.45, 2.75) is 53.2 Å². The number of nitrogens with one attached hydrogen (secondary N) is 2. The Morgan fingerprint density at radius 3 is 1.29 bits per heavy atom. The molecule has 0 aliphatic heterocycles. The third kappa shape index (κ3) is 8.95. The Hall–Kier alpha value is -3.62. The first-order valence-electron chi connectivity index (χ1n) is 14.1. The molecule has 4 rings (SSSR count). The molecule has 0 fully saturated rings. The molecule has 0 aliphatic carbocycles. The zero-order chi connectivity index (χ0) is 37.0. The molecule has 4 aromatic rings. The summed E-state index contributed by atoms with van der Waals surface area (Å²) in [6.45, 7) is 4.96. The third-order valence-corrected chi connectivity index (χ3v) is 13.0. The second-order valence-corrected chi connectivity index (χ2v) is 17.6. The van der Waals surface area contributed by atoms with E-state index in [1.165, 1.54) is 74.5 Å². The van der Waals surface area contributed by atoms with Gasteiger partial charge in [-0.25, -0.2) is 16.8 Å². The van der Waals surface area contributed by atoms with Crippen LogP contribution in [0.15, 0.2) is 107 Å². The van der Waals surface area contributed by atoms with Crippen molar-refractivity contribution in [3.05, 3.63) is 118 Å². The number of benzene rings is 4. The van der Waals surface area contributed by atoms with Crippen LogP contribution < -0.4 is 10.6 Å². The van der Waals surface area contributed by atoms with E-state index in [4.69, 9.17) is 34.8 Å². The second kappa shape index (κ2) is 15.1. The Labute approximate surface area is 297 Å². The molecule has 0 saturated heterocycles. The number of anilines is 2. The number of amides is 2. The molecule has 0 unspecified atom stereocenters. The molecule has 4 aromatic carbocycles. The topological polar surface area (TPSA) is 126 Å². The molecule has 0 aromatic heterocycles. The van der Waals surface area contributed by atoms with E-state index < -0.39 is 58.4 Å². The van der Waals surface area contributed by atoms with Crippen LogP contribution in [0.1, 0.15) is 33.3 Å². The lowest BCUT2D eigenvalue weighted by atomic mass is 10.1. The predicted molar refractivity (Wildman–Crippen MR) is 186 cm³/mol. The summed E-state index contributed by atoms with van der Waals surface area (Å²) in [5.74, 6) is -1.75. The number of carbonyl (C=O) groups excluding carboxylic acids is 2. The average molecular weight is 778 g/mol. The van der Waals surface area contributed by atoms with E-state index in [2.05, 4.69) is 10.6 Å². The minimum absolute atomic E-state index is 0.0289. The quantitative estimate of drug-likeness (QED) is 0.184. The Kier molecular flexibility index (Phi) is 12.3. The van der Waals surface area contributed by atoms with Gasteiger partial charge >= 0.3 is 6.18 Å². The Balaban J connectivity index is 0.000000267. The highest BCUT2D eigenvalue weighted by Crippen LogP contribution is 2.36. The minimum atomic E-state index is -4.69. The molecule has 0 aliphatic rings. The van der Waals surface area contributed by atoms with Gasteiger partial charge in [0.1, 0.15) is 9.49 Å². The predicted octanol–water partition coefficient (Wildman–Crippen LogP) is 8.73. The lowest BCUT2D eigenvalue weighted by Crippen LogP contribution is -2.44. The van der Waals surface area contributed by atoms with Crippen molar-refractivity contribution >= 4 is 77.7 Å². The van der Waals surface area contributed by atoms with Crippen LogP contribution in [0.5, 0.6) is 0 Å². The minimum Gasteiger partial charge on any atom is -0.324 e. The Bertz CT molecular complexity index is 2050. The first-order chi connectivity index (χ1) is 22.5. The van der Waals surface area contributed by atoms with Crippen molar-refractivity contribution in [1.82, 2.24) is 0 Å². The maximum atomic E-state index is 13.1. The van der Waals surface area contributed by atoms with Crippen LogP contribution in [0.25, 0.3) is 0 Å². The summed E-state index contributed by atoms with van der Waals surface area (Å²) in [4.78, 5) is 24.9. The molecule has 16 heteroatoms. The van der Waals surface area contributed by atoms with Crippen molar-refractivity contribution in [2.24, 2.45) is 0 Å². The van der Waals surface area contributed by atoms with Crippen LogP contribution in [0.4, 0.5) is 24.5 Å². The Morgan fingerprint density at radius 2 is 0.898 bits per heavy atom. The fourth-order valence-electron chi connectivity index (χ4n) is 4.01. The molecule has 0 spiro atoms. The number of rotatable bonds is 8. The standard InChI is InChI=1S/C17H15ClF3NO3S.C16H15Cl2NO3S/c1-16(2,26(24,25)12-9-7-11(18)8-10-12)15(23)22-14-6-4-3-5-13(14)17(19,20)21;1-16(2,15(20)19-14-6-4-3-5-13(14)18)23(21,22)12-9-7-11(17)8-10-12/h3-10H,1-2H3,(H,22,23);3-10H,1-2H3,(H,19,20). The Morgan fingerprint density at radius 1 is 0.551 bits per heavy atom. The van der Waals surface area contributed by atoms with Crippen molar-refractivity contribution in [1.29, 1.82) is 0 Å². The molecule has 2 amide bonds. The van der Waals surface area contributed by atoms with Gasteiger partial charge in [0.2, 0.25) is 11.8 Å². The summed E-state index contributed by atoms with van der Waals surface area (Å²) < 4.78 is 86.5. The molecule has 0 bridgehead atoms. The molecule has 8 nitrogen and oxygen atoms in total. The largest absolute Gasteiger partial charge is 0.418 e. The van der Waals surface area contributed by atoms with Crippen molar-refractivity contribution in [2.75, 3.05) is 10.6 Å². The zero-order valence-corrected chi connectivity index (χ0v) is 30.2. The molecule has 0 saturated carbocycles. The van der Waals surface area contributed by atoms with Crippen molar-refractivity contribution in [3.8, 4) is 0 Å². The smallest absolute Gasteiger partial charge is 0.324 e. The van der Waals surface area contributed by atoms with E-state index in [0.717, 1.165) is 26.0 Å². The monoisotopic (exact) mass is 776 g/mol. The number of carbonyl (C=O) groups is 2. The van der Waals surface area contributed by atoms with Gasteiger partial charge in [-0.2, -0.15) is 13.2 Å². The highest BCUT2D eigenvalue weighted by atomic mass is 35.5. The van der Waals surface area contributed by atoms with Gasteiger partial charge in [-0.05, 0) is 100 Å². The number of halogens is 6. The first-order valence-corrected chi connectivity index (χ1v) is 18.2. The van der Waals surface area contributed by atoms with E-state index in [1.807, 2.05) is 0 Å². The van der Waals surface area contributed by atoms with Crippen LogP contribution in [0.3, 0.4) is 0 Å². The lowest BCUT2D eigenvalue weighted by Gasteiger charge is -2.25. The molecule has 49 heavy (non-hydrogen) atoms. The number of hydrogen-bond donors (Lipinski definition) is 2. The molecule has 0 heterocycles. The third-order valence-electron chi connectivity index (χ3n) is 7.29. The van der Waals surface area contributed by atoms with E-state index in [-0.39, 0.29) is 9.79 Å². The van der Waals surface area contributed by atoms with Gasteiger partial charge in [-0.1, -0.05) is 59.1 Å². The number of hydrogen-bond acceptors (Lipinski definition) is 6. The number of sulfone groups is 2. The maximum absolute atomic E-state index is 13.1. The molecular weight excluding hydrogens is 748 g/mol. The zero-order valence-electron chi connectivity index (χ0n) is 26.3. The van der Waals surface area contributed by atoms with Crippen LogP contribution in [0, 0.1) is 0 Å². The fourth-order valence-corrected chi connectivity index (χ4v) is 7.20. The van der Waals surface area contributed by atoms with Crippen LogP contribution in [-0.2, 0) is 35.4 Å². The van der Waals surface area contributed by atoms with Gasteiger partial charge in [-0.15, -0.1) is 0 Å². The SMILES string of the molecule is CC(C)(C(=O)Nc1ccccc1C(F)(F)F)S(=O)(=O)c1ccc(Cl)cc1.CC(C)(C(=O)Nc1ccccc1Cl)S(=O)(=O)c1ccc(Cl)cc1. The molecule has 0 atom stereocenters. The fraction of sp³-hybridized carbons (Fsp3) is 0.212. The van der Waals surface area contributed by atoms with E-state index in [9.17, 15) is 39.6 Å². The van der Waals surface area contributed by atoms with Gasteiger partial charge in [0.25, 0.3) is 0 Å². The maximum Gasteiger partial charge on any atom is 0.418 e. The summed E-state index contributed by atoms with van der Waals surface area (Å²) in [7, 11) is -8.08. The summed E-state index contributed by atoms with van der Waals surface area (Å²) in [5.41, 5.74) is -1.21. The molecule has 2 N–H and O–H groups in total. The number of para-hydroxylation sites is 2. The highest BCUT2D eigenvalue weighted by molar-refractivity contribution is 7.94. The summed E-state index contributed by atoms with van der Waals surface area (Å²) >= 11 is 17.5. The second-order valence-electron chi connectivity index (χ2n) is 11.4. The van der Waals surface area contributed by atoms with Crippen molar-refractivity contribution in [3.63, 3.8) is 0 Å². The normalized spacial score (nSPS) is 12.4. The van der Waals surface area contributed by atoms with E-state index in [1.54, 1.807) is 24.3 Å². The van der Waals surface area contributed by atoms with Gasteiger partial charge in [-0.3, -0.25) is 9.59 Å². The van der Waals surface area contributed by atoms with Crippen LogP contribution >= 0.6 is 34.8 Å². The van der Waals surface area contributed by atoms with Gasteiger partial charge < -0.3 is 10.6 Å². The van der Waals surface area contributed by atoms with Crippen LogP contribution in [0.2, 0.25) is 15.1 Å². The molecular formula is C33H30Cl3F3N2O6S2. The van der Waals surface area contributed by atoms with Gasteiger partial charge in [0.05, 0.1) is 31.8 Å². The van der Waals surface area contributed by atoms with E-state index in [0.29, 0.717) is 20.8 Å². The molecule has 0 radical (unpaired) electrons.